The smallest absolute Gasteiger partial charge is 0.159 e. The molecule has 0 aliphatic rings. The van der Waals surface area contributed by atoms with E-state index < -0.39 is 0 Å². The minimum absolute atomic E-state index is 0.875. The number of fused-ring (bicyclic) bond motifs is 9. The highest BCUT2D eigenvalue weighted by molar-refractivity contribution is 7.27. The van der Waals surface area contributed by atoms with E-state index in [-0.39, 0.29) is 0 Å². The van der Waals surface area contributed by atoms with Crippen molar-refractivity contribution in [3.05, 3.63) is 200 Å². The fourth-order valence-electron chi connectivity index (χ4n) is 8.71. The van der Waals surface area contributed by atoms with Gasteiger partial charge in [0.15, 0.2) is 5.58 Å². The van der Waals surface area contributed by atoms with Gasteiger partial charge in [-0.05, 0) is 81.9 Å². The molecule has 12 rings (SSSR count). The summed E-state index contributed by atoms with van der Waals surface area (Å²) in [6.45, 7) is 0. The van der Waals surface area contributed by atoms with Crippen LogP contribution in [0.15, 0.2) is 205 Å². The van der Waals surface area contributed by atoms with Crippen molar-refractivity contribution in [2.45, 2.75) is 0 Å². The molecule has 0 unspecified atom stereocenters. The van der Waals surface area contributed by atoms with E-state index in [4.69, 9.17) is 4.42 Å². The Morgan fingerprint density at radius 2 is 0.931 bits per heavy atom. The normalized spacial score (nSPS) is 11.8. The van der Waals surface area contributed by atoms with Gasteiger partial charge < -0.3 is 9.32 Å². The Morgan fingerprint density at radius 3 is 1.74 bits per heavy atom. The first-order valence-electron chi connectivity index (χ1n) is 19.6. The Labute approximate surface area is 343 Å². The van der Waals surface area contributed by atoms with E-state index in [9.17, 15) is 0 Å². The zero-order valence-corrected chi connectivity index (χ0v) is 32.9. The fraction of sp³-hybridized carbons (Fsp3) is 0. The summed E-state index contributed by atoms with van der Waals surface area (Å²) in [6, 6.07) is 72.5. The molecular weight excluding hydrogens is 743 g/mol. The van der Waals surface area contributed by atoms with Crippen LogP contribution in [0, 0.1) is 0 Å². The Balaban J connectivity index is 0.980. The zero-order valence-electron chi connectivity index (χ0n) is 31.2. The highest BCUT2D eigenvalue weighted by Gasteiger charge is 2.23. The van der Waals surface area contributed by atoms with Gasteiger partial charge in [-0.15, -0.1) is 22.7 Å². The molecule has 3 aromatic heterocycles. The monoisotopic (exact) mass is 775 g/mol. The number of rotatable bonds is 6. The largest absolute Gasteiger partial charge is 0.454 e. The van der Waals surface area contributed by atoms with Crippen LogP contribution in [0.25, 0.3) is 95.7 Å². The number of benzene rings is 9. The second-order valence-electron chi connectivity index (χ2n) is 14.8. The van der Waals surface area contributed by atoms with E-state index in [0.29, 0.717) is 0 Å². The first kappa shape index (κ1) is 33.2. The van der Waals surface area contributed by atoms with E-state index in [0.717, 1.165) is 39.0 Å². The predicted molar refractivity (Wildman–Crippen MR) is 250 cm³/mol. The molecule has 0 saturated carbocycles. The molecule has 0 atom stereocenters. The van der Waals surface area contributed by atoms with Gasteiger partial charge in [0.05, 0.1) is 16.1 Å². The quantitative estimate of drug-likeness (QED) is 0.167. The molecule has 0 N–H and O–H groups in total. The molecule has 0 amide bonds. The lowest BCUT2D eigenvalue weighted by molar-refractivity contribution is 0.669. The van der Waals surface area contributed by atoms with Gasteiger partial charge in [0, 0.05) is 52.1 Å². The van der Waals surface area contributed by atoms with Gasteiger partial charge in [-0.2, -0.15) is 0 Å². The van der Waals surface area contributed by atoms with E-state index in [1.807, 2.05) is 28.7 Å². The number of hydrogen-bond donors (Lipinski definition) is 0. The maximum Gasteiger partial charge on any atom is 0.159 e. The molecule has 0 spiro atoms. The standard InChI is InChI=1S/C54H33NOS2/c1-2-11-37(12-3-1)40-15-8-17-44-45-18-10-20-48(54(45)58-53(40)44)55(47-19-9-16-43-41-13-4-6-21-49(41)56-52(43)47)39-30-27-35(28-31-39)34-23-25-36(26-24-34)38-29-32-51-46(33-38)42-14-5-7-22-50(42)57-51/h1-33H. The Hall–Kier alpha value is -6.98. The van der Waals surface area contributed by atoms with Gasteiger partial charge in [0.2, 0.25) is 0 Å². The van der Waals surface area contributed by atoms with Crippen molar-refractivity contribution >= 4 is 102 Å². The molecule has 12 aromatic rings. The average Bonchev–Trinajstić information content (AvgIpc) is 3.99. The SMILES string of the molecule is c1ccc(-c2cccc3c2sc2c(N(c4ccc(-c5ccc(-c6ccc7sc8ccccc8c7c6)cc5)cc4)c4cccc5c4oc4ccccc45)cccc23)cc1. The number of nitrogens with zero attached hydrogens (tertiary/aromatic N) is 1. The summed E-state index contributed by atoms with van der Waals surface area (Å²) >= 11 is 3.73. The summed E-state index contributed by atoms with van der Waals surface area (Å²) in [5.41, 5.74) is 12.3. The van der Waals surface area contributed by atoms with Crippen molar-refractivity contribution in [3.63, 3.8) is 0 Å². The average molecular weight is 776 g/mol. The second kappa shape index (κ2) is 13.3. The number of thiophene rings is 2. The van der Waals surface area contributed by atoms with Gasteiger partial charge in [-0.25, -0.2) is 0 Å². The van der Waals surface area contributed by atoms with Gasteiger partial charge >= 0.3 is 0 Å². The molecule has 0 bridgehead atoms. The summed E-state index contributed by atoms with van der Waals surface area (Å²) in [6.07, 6.45) is 0. The van der Waals surface area contributed by atoms with Crippen LogP contribution in [0.4, 0.5) is 17.1 Å². The maximum absolute atomic E-state index is 6.70. The Morgan fingerprint density at radius 1 is 0.345 bits per heavy atom. The maximum atomic E-state index is 6.70. The highest BCUT2D eigenvalue weighted by atomic mass is 32.1. The van der Waals surface area contributed by atoms with E-state index in [1.165, 1.54) is 73.7 Å². The number of para-hydroxylation sites is 2. The third kappa shape index (κ3) is 5.30. The second-order valence-corrected chi connectivity index (χ2v) is 16.9. The predicted octanol–water partition coefficient (Wildman–Crippen LogP) is 16.8. The molecule has 0 saturated heterocycles. The minimum atomic E-state index is 0.875. The molecule has 0 aliphatic carbocycles. The van der Waals surface area contributed by atoms with Crippen LogP contribution in [-0.2, 0) is 0 Å². The van der Waals surface area contributed by atoms with Crippen molar-refractivity contribution in [2.75, 3.05) is 4.90 Å². The van der Waals surface area contributed by atoms with Crippen LogP contribution in [0.1, 0.15) is 0 Å². The molecule has 9 aromatic carbocycles. The summed E-state index contributed by atoms with van der Waals surface area (Å²) in [4.78, 5) is 2.39. The Kier molecular flexibility index (Phi) is 7.62. The van der Waals surface area contributed by atoms with Gasteiger partial charge in [0.25, 0.3) is 0 Å². The van der Waals surface area contributed by atoms with Crippen molar-refractivity contribution in [3.8, 4) is 33.4 Å². The molecular formula is C54H33NOS2. The lowest BCUT2D eigenvalue weighted by atomic mass is 9.99. The van der Waals surface area contributed by atoms with Crippen LogP contribution >= 0.6 is 22.7 Å². The number of anilines is 3. The van der Waals surface area contributed by atoms with Gasteiger partial charge in [-0.1, -0.05) is 152 Å². The molecule has 2 nitrogen and oxygen atoms in total. The Bertz CT molecular complexity index is 3500. The lowest BCUT2D eigenvalue weighted by Gasteiger charge is -2.26. The van der Waals surface area contributed by atoms with Crippen molar-refractivity contribution in [1.82, 2.24) is 0 Å². The van der Waals surface area contributed by atoms with E-state index in [1.54, 1.807) is 0 Å². The third-order valence-corrected chi connectivity index (χ3v) is 13.9. The zero-order chi connectivity index (χ0) is 38.2. The summed E-state index contributed by atoms with van der Waals surface area (Å²) < 4.78 is 11.9. The first-order chi connectivity index (χ1) is 28.7. The lowest BCUT2D eigenvalue weighted by Crippen LogP contribution is -2.10. The van der Waals surface area contributed by atoms with Crippen LogP contribution in [-0.4, -0.2) is 0 Å². The minimum Gasteiger partial charge on any atom is -0.454 e. The molecule has 0 fully saturated rings. The van der Waals surface area contributed by atoms with Gasteiger partial charge in [-0.3, -0.25) is 0 Å². The fourth-order valence-corrected chi connectivity index (χ4v) is 11.1. The molecule has 58 heavy (non-hydrogen) atoms. The molecule has 0 aliphatic heterocycles. The molecule has 3 heterocycles. The van der Waals surface area contributed by atoms with E-state index in [2.05, 4.69) is 199 Å². The van der Waals surface area contributed by atoms with Crippen molar-refractivity contribution in [1.29, 1.82) is 0 Å². The van der Waals surface area contributed by atoms with Crippen molar-refractivity contribution < 1.29 is 4.42 Å². The van der Waals surface area contributed by atoms with Crippen LogP contribution in [0.3, 0.4) is 0 Å². The third-order valence-electron chi connectivity index (χ3n) is 11.5. The van der Waals surface area contributed by atoms with Crippen molar-refractivity contribution in [2.24, 2.45) is 0 Å². The van der Waals surface area contributed by atoms with Crippen LogP contribution < -0.4 is 4.90 Å². The van der Waals surface area contributed by atoms with Crippen LogP contribution in [0.2, 0.25) is 0 Å². The summed E-state index contributed by atoms with van der Waals surface area (Å²) in [5.74, 6) is 0. The summed E-state index contributed by atoms with van der Waals surface area (Å²) in [5, 5.41) is 7.40. The summed E-state index contributed by atoms with van der Waals surface area (Å²) in [7, 11) is 0. The molecule has 4 heteroatoms. The molecule has 272 valence electrons. The molecule has 0 radical (unpaired) electrons. The first-order valence-corrected chi connectivity index (χ1v) is 21.2. The van der Waals surface area contributed by atoms with E-state index >= 15 is 0 Å². The number of furan rings is 1. The number of hydrogen-bond acceptors (Lipinski definition) is 4. The highest BCUT2D eigenvalue weighted by Crippen LogP contribution is 2.49. The van der Waals surface area contributed by atoms with Gasteiger partial charge in [0.1, 0.15) is 5.58 Å². The topological polar surface area (TPSA) is 16.4 Å². The van der Waals surface area contributed by atoms with Crippen LogP contribution in [0.5, 0.6) is 0 Å².